The first-order chi connectivity index (χ1) is 8.86. The maximum atomic E-state index is 5.55. The second kappa shape index (κ2) is 7.29. The van der Waals surface area contributed by atoms with Crippen LogP contribution in [-0.2, 0) is 6.42 Å². The van der Waals surface area contributed by atoms with Crippen LogP contribution in [0.25, 0.3) is 22.2 Å². The van der Waals surface area contributed by atoms with Gasteiger partial charge in [-0.15, -0.1) is 24.8 Å². The number of aromatic amines is 1. The van der Waals surface area contributed by atoms with Gasteiger partial charge in [0.05, 0.1) is 0 Å². The lowest BCUT2D eigenvalue weighted by molar-refractivity contribution is 0.969. The van der Waals surface area contributed by atoms with Crippen LogP contribution in [0, 0.1) is 0 Å². The molecule has 2 aromatic heterocycles. The van der Waals surface area contributed by atoms with Crippen LogP contribution in [0.5, 0.6) is 0 Å². The molecule has 3 N–H and O–H groups in total. The van der Waals surface area contributed by atoms with Gasteiger partial charge in [-0.1, -0.05) is 24.3 Å². The van der Waals surface area contributed by atoms with Gasteiger partial charge in [0.25, 0.3) is 0 Å². The highest BCUT2D eigenvalue weighted by molar-refractivity contribution is 5.85. The van der Waals surface area contributed by atoms with Gasteiger partial charge >= 0.3 is 0 Å². The highest BCUT2D eigenvalue weighted by Gasteiger charge is 2.01. The van der Waals surface area contributed by atoms with Gasteiger partial charge in [-0.05, 0) is 36.2 Å². The normalized spacial score (nSPS) is 9.85. The van der Waals surface area contributed by atoms with E-state index in [9.17, 15) is 0 Å². The Balaban J connectivity index is 0.000001000. The van der Waals surface area contributed by atoms with Crippen molar-refractivity contribution >= 4 is 35.8 Å². The Morgan fingerprint density at radius 1 is 1.00 bits per heavy atom. The molecule has 5 heteroatoms. The molecule has 0 aliphatic rings. The van der Waals surface area contributed by atoms with Crippen molar-refractivity contribution in [3.05, 3.63) is 54.4 Å². The molecule has 0 atom stereocenters. The van der Waals surface area contributed by atoms with E-state index in [1.54, 1.807) is 0 Å². The zero-order chi connectivity index (χ0) is 12.4. The Hall–Kier alpha value is -1.55. The van der Waals surface area contributed by atoms with Crippen LogP contribution in [0.2, 0.25) is 0 Å². The van der Waals surface area contributed by atoms with E-state index in [1.807, 2.05) is 18.5 Å². The smallest absolute Gasteiger partial charge is 0.137 e. The predicted octanol–water partition coefficient (Wildman–Crippen LogP) is 3.57. The number of hydrogen-bond donors (Lipinski definition) is 2. The average molecular weight is 310 g/mol. The fourth-order valence-electron chi connectivity index (χ4n) is 2.13. The van der Waals surface area contributed by atoms with E-state index < -0.39 is 0 Å². The summed E-state index contributed by atoms with van der Waals surface area (Å²) >= 11 is 0. The number of aromatic nitrogens is 2. The number of halogens is 2. The van der Waals surface area contributed by atoms with Gasteiger partial charge in [0.15, 0.2) is 0 Å². The molecule has 0 bridgehead atoms. The Kier molecular flexibility index (Phi) is 6.02. The van der Waals surface area contributed by atoms with Crippen LogP contribution in [0.15, 0.2) is 48.8 Å². The number of rotatable bonds is 3. The minimum Gasteiger partial charge on any atom is -0.346 e. The molecular weight excluding hydrogens is 293 g/mol. The lowest BCUT2D eigenvalue weighted by Crippen LogP contribution is -2.02. The van der Waals surface area contributed by atoms with E-state index in [2.05, 4.69) is 40.3 Å². The van der Waals surface area contributed by atoms with E-state index >= 15 is 0 Å². The van der Waals surface area contributed by atoms with Crippen molar-refractivity contribution < 1.29 is 0 Å². The molecule has 0 saturated heterocycles. The van der Waals surface area contributed by atoms with Crippen molar-refractivity contribution in [2.24, 2.45) is 5.73 Å². The molecule has 3 nitrogen and oxygen atoms in total. The maximum Gasteiger partial charge on any atom is 0.137 e. The second-order valence-corrected chi connectivity index (χ2v) is 4.38. The molecule has 0 radical (unpaired) electrons. The first kappa shape index (κ1) is 16.5. The van der Waals surface area contributed by atoms with Crippen LogP contribution in [0.4, 0.5) is 0 Å². The number of hydrogen-bond acceptors (Lipinski definition) is 2. The summed E-state index contributed by atoms with van der Waals surface area (Å²) < 4.78 is 0. The minimum atomic E-state index is 0. The minimum absolute atomic E-state index is 0. The van der Waals surface area contributed by atoms with Gasteiger partial charge < -0.3 is 10.7 Å². The molecule has 0 aliphatic carbocycles. The van der Waals surface area contributed by atoms with Crippen molar-refractivity contribution in [3.63, 3.8) is 0 Å². The SMILES string of the molecule is Cl.Cl.NCCc1ccc(-c2cnc3[nH]ccc3c2)cc1. The number of benzene rings is 1. The summed E-state index contributed by atoms with van der Waals surface area (Å²) in [6.45, 7) is 0.691. The van der Waals surface area contributed by atoms with E-state index in [-0.39, 0.29) is 24.8 Å². The van der Waals surface area contributed by atoms with Crippen LogP contribution in [-0.4, -0.2) is 16.5 Å². The molecule has 0 aliphatic heterocycles. The first-order valence-corrected chi connectivity index (χ1v) is 6.09. The lowest BCUT2D eigenvalue weighted by Gasteiger charge is -2.03. The van der Waals surface area contributed by atoms with Gasteiger partial charge in [0, 0.05) is 23.3 Å². The van der Waals surface area contributed by atoms with E-state index in [0.29, 0.717) is 6.54 Å². The van der Waals surface area contributed by atoms with Crippen LogP contribution >= 0.6 is 24.8 Å². The molecule has 2 heterocycles. The van der Waals surface area contributed by atoms with Gasteiger partial charge in [0.2, 0.25) is 0 Å². The average Bonchev–Trinajstić information content (AvgIpc) is 2.87. The molecule has 0 spiro atoms. The second-order valence-electron chi connectivity index (χ2n) is 4.38. The van der Waals surface area contributed by atoms with Crippen molar-refractivity contribution in [1.29, 1.82) is 0 Å². The Labute approximate surface area is 130 Å². The van der Waals surface area contributed by atoms with Crippen LogP contribution in [0.1, 0.15) is 5.56 Å². The van der Waals surface area contributed by atoms with Gasteiger partial charge in [0.1, 0.15) is 5.65 Å². The molecular formula is C15H17Cl2N3. The summed E-state index contributed by atoms with van der Waals surface area (Å²) in [5, 5.41) is 1.14. The number of fused-ring (bicyclic) bond motifs is 1. The molecule has 20 heavy (non-hydrogen) atoms. The van der Waals surface area contributed by atoms with E-state index in [1.165, 1.54) is 11.1 Å². The number of nitrogens with one attached hydrogen (secondary N) is 1. The van der Waals surface area contributed by atoms with Crippen LogP contribution < -0.4 is 5.73 Å². The highest BCUT2D eigenvalue weighted by atomic mass is 35.5. The number of nitrogens with zero attached hydrogens (tertiary/aromatic N) is 1. The summed E-state index contributed by atoms with van der Waals surface area (Å²) in [4.78, 5) is 7.50. The number of nitrogens with two attached hydrogens (primary N) is 1. The van der Waals surface area contributed by atoms with Crippen molar-refractivity contribution in [1.82, 2.24) is 9.97 Å². The molecule has 0 fully saturated rings. The summed E-state index contributed by atoms with van der Waals surface area (Å²) in [6.07, 6.45) is 4.73. The lowest BCUT2D eigenvalue weighted by atomic mass is 10.0. The quantitative estimate of drug-likeness (QED) is 0.777. The Morgan fingerprint density at radius 2 is 1.75 bits per heavy atom. The standard InChI is InChI=1S/C15H15N3.2ClH/c16-7-5-11-1-3-12(4-2-11)14-9-13-6-8-17-15(13)18-10-14;;/h1-4,6,8-10H,5,7,16H2,(H,17,18);2*1H. The zero-order valence-electron chi connectivity index (χ0n) is 10.9. The monoisotopic (exact) mass is 309 g/mol. The van der Waals surface area contributed by atoms with Crippen LogP contribution in [0.3, 0.4) is 0 Å². The summed E-state index contributed by atoms with van der Waals surface area (Å²) in [7, 11) is 0. The Bertz CT molecular complexity index is 662. The van der Waals surface area contributed by atoms with Gasteiger partial charge in [-0.2, -0.15) is 0 Å². The van der Waals surface area contributed by atoms with E-state index in [0.717, 1.165) is 23.0 Å². The highest BCUT2D eigenvalue weighted by Crippen LogP contribution is 2.22. The first-order valence-electron chi connectivity index (χ1n) is 6.09. The summed E-state index contributed by atoms with van der Waals surface area (Å²) in [5.74, 6) is 0. The fourth-order valence-corrected chi connectivity index (χ4v) is 2.13. The number of H-pyrrole nitrogens is 1. The Morgan fingerprint density at radius 3 is 2.45 bits per heavy atom. The molecule has 3 aromatic rings. The molecule has 1 aromatic carbocycles. The molecule has 3 rings (SSSR count). The molecule has 0 saturated carbocycles. The predicted molar refractivity (Wildman–Crippen MR) is 88.8 cm³/mol. The largest absolute Gasteiger partial charge is 0.346 e. The van der Waals surface area contributed by atoms with Gasteiger partial charge in [-0.25, -0.2) is 4.98 Å². The van der Waals surface area contributed by atoms with Crippen molar-refractivity contribution in [2.75, 3.05) is 6.54 Å². The number of pyridine rings is 1. The topological polar surface area (TPSA) is 54.7 Å². The third-order valence-corrected chi connectivity index (χ3v) is 3.12. The zero-order valence-corrected chi connectivity index (χ0v) is 12.5. The summed E-state index contributed by atoms with van der Waals surface area (Å²) in [5.41, 5.74) is 10.1. The van der Waals surface area contributed by atoms with Crippen molar-refractivity contribution in [3.8, 4) is 11.1 Å². The molecule has 106 valence electrons. The fraction of sp³-hybridized carbons (Fsp3) is 0.133. The molecule has 0 unspecified atom stereocenters. The summed E-state index contributed by atoms with van der Waals surface area (Å²) in [6, 6.07) is 12.7. The van der Waals surface area contributed by atoms with E-state index in [4.69, 9.17) is 5.73 Å². The maximum absolute atomic E-state index is 5.55. The molecule has 0 amide bonds. The third-order valence-electron chi connectivity index (χ3n) is 3.12. The third kappa shape index (κ3) is 3.31. The van der Waals surface area contributed by atoms with Crippen molar-refractivity contribution in [2.45, 2.75) is 6.42 Å². The van der Waals surface area contributed by atoms with Gasteiger partial charge in [-0.3, -0.25) is 0 Å².